The van der Waals surface area contributed by atoms with Crippen molar-refractivity contribution in [1.82, 2.24) is 15.1 Å². The summed E-state index contributed by atoms with van der Waals surface area (Å²) in [5.41, 5.74) is 1.16. The predicted molar refractivity (Wildman–Crippen MR) is 115 cm³/mol. The average Bonchev–Trinajstić information content (AvgIpc) is 3.37. The number of hydrogen-bond acceptors (Lipinski definition) is 8. The highest BCUT2D eigenvalue weighted by atomic mass is 35.5. The number of nitrogens with zero attached hydrogens (tertiary/aromatic N) is 4. The number of aliphatic hydroxyl groups is 1. The van der Waals surface area contributed by atoms with Crippen LogP contribution in [0, 0.1) is 5.82 Å². The summed E-state index contributed by atoms with van der Waals surface area (Å²) in [6.45, 7) is 3.17. The molecule has 0 saturated carbocycles. The van der Waals surface area contributed by atoms with Gasteiger partial charge in [0.25, 0.3) is 0 Å². The largest absolute Gasteiger partial charge is 0.447 e. The van der Waals surface area contributed by atoms with Gasteiger partial charge in [-0.3, -0.25) is 0 Å². The molecule has 1 amide bonds. The van der Waals surface area contributed by atoms with E-state index in [1.54, 1.807) is 31.2 Å². The van der Waals surface area contributed by atoms with E-state index in [-0.39, 0.29) is 18.4 Å². The maximum atomic E-state index is 14.4. The molecule has 0 radical (unpaired) electrons. The van der Waals surface area contributed by atoms with Gasteiger partial charge in [-0.2, -0.15) is 4.98 Å². The van der Waals surface area contributed by atoms with Crippen molar-refractivity contribution >= 4 is 41.1 Å². The number of cyclic esters (lactones) is 1. The van der Waals surface area contributed by atoms with Gasteiger partial charge in [0.15, 0.2) is 17.4 Å². The quantitative estimate of drug-likeness (QED) is 0.530. The van der Waals surface area contributed by atoms with Crippen LogP contribution in [0.4, 0.5) is 21.0 Å². The van der Waals surface area contributed by atoms with Crippen molar-refractivity contribution in [1.29, 1.82) is 0 Å². The van der Waals surface area contributed by atoms with Crippen LogP contribution in [0.5, 0.6) is 0 Å². The van der Waals surface area contributed by atoms with Crippen molar-refractivity contribution in [2.75, 3.05) is 16.8 Å². The second kappa shape index (κ2) is 8.89. The topological polar surface area (TPSA) is 114 Å². The zero-order chi connectivity index (χ0) is 23.0. The van der Waals surface area contributed by atoms with Gasteiger partial charge in [-0.1, -0.05) is 28.4 Å². The van der Waals surface area contributed by atoms with Crippen LogP contribution in [0.25, 0.3) is 11.3 Å². The number of anilines is 2. The Balaban J connectivity index is 1.56. The Hall–Kier alpha value is -2.95. The number of aliphatic hydroxyl groups excluding tert-OH is 1. The Bertz CT molecular complexity index is 1160. The molecular weight excluding hydrogens is 464 g/mol. The van der Waals surface area contributed by atoms with Crippen LogP contribution < -0.4 is 10.2 Å². The van der Waals surface area contributed by atoms with Crippen LogP contribution in [-0.2, 0) is 4.74 Å². The molecule has 1 aliphatic rings. The fraction of sp³-hybridized carbons (Fsp3) is 0.300. The number of ether oxygens (including phenoxy) is 1. The van der Waals surface area contributed by atoms with E-state index >= 15 is 0 Å². The average molecular weight is 482 g/mol. The summed E-state index contributed by atoms with van der Waals surface area (Å²) < 4.78 is 24.8. The van der Waals surface area contributed by atoms with E-state index in [4.69, 9.17) is 32.5 Å². The summed E-state index contributed by atoms with van der Waals surface area (Å²) in [5.74, 6) is -0.635. The highest BCUT2D eigenvalue weighted by Gasteiger charge is 2.39. The maximum absolute atomic E-state index is 14.4. The van der Waals surface area contributed by atoms with Gasteiger partial charge in [-0.05, 0) is 32.0 Å². The number of hydrogen-bond donors (Lipinski definition) is 2. The monoisotopic (exact) mass is 481 g/mol. The van der Waals surface area contributed by atoms with E-state index in [1.807, 2.05) is 0 Å². The highest BCUT2D eigenvalue weighted by molar-refractivity contribution is 6.36. The van der Waals surface area contributed by atoms with Crippen molar-refractivity contribution in [3.05, 3.63) is 52.1 Å². The van der Waals surface area contributed by atoms with Gasteiger partial charge in [0, 0.05) is 16.7 Å². The molecule has 0 aliphatic carbocycles. The maximum Gasteiger partial charge on any atom is 0.416 e. The molecule has 0 bridgehead atoms. The lowest BCUT2D eigenvalue weighted by Gasteiger charge is -2.23. The van der Waals surface area contributed by atoms with Crippen LogP contribution in [-0.4, -0.2) is 45.1 Å². The molecule has 9 nitrogen and oxygen atoms in total. The van der Waals surface area contributed by atoms with Crippen molar-refractivity contribution in [2.24, 2.45) is 0 Å². The minimum absolute atomic E-state index is 0.0421. The number of amides is 1. The van der Waals surface area contributed by atoms with Crippen LogP contribution in [0.1, 0.15) is 25.6 Å². The Morgan fingerprint density at radius 3 is 2.81 bits per heavy atom. The van der Waals surface area contributed by atoms with Gasteiger partial charge in [-0.25, -0.2) is 19.1 Å². The van der Waals surface area contributed by atoms with Crippen LogP contribution >= 0.6 is 23.2 Å². The molecule has 1 aromatic carbocycles. The molecule has 168 valence electrons. The van der Waals surface area contributed by atoms with Crippen LogP contribution in [0.15, 0.2) is 35.0 Å². The lowest BCUT2D eigenvalue weighted by molar-refractivity contribution is 0.142. The molecule has 12 heteroatoms. The minimum Gasteiger partial charge on any atom is -0.447 e. The number of carbonyl (C=O) groups is 1. The number of halogens is 3. The first-order valence-electron chi connectivity index (χ1n) is 9.59. The van der Waals surface area contributed by atoms with Crippen LogP contribution in [0.2, 0.25) is 10.0 Å². The molecule has 32 heavy (non-hydrogen) atoms. The van der Waals surface area contributed by atoms with Gasteiger partial charge in [0.2, 0.25) is 5.95 Å². The molecular formula is C20H18Cl2FN5O4. The molecule has 1 saturated heterocycles. The lowest BCUT2D eigenvalue weighted by atomic mass is 10.1. The standard InChI is InChI=1S/C20H18Cl2FN5O4/c1-9(17-6-15(27-32-17)12-4-3-11(21)5-13(12)22)25-19-24-7-14(23)18(26-19)28-16(10(2)29)8-31-20(28)30/h3-7,9-10,16,29H,8H2,1-2H3,(H,24,25,26)/t9-,10+,16?/m0/s1. The summed E-state index contributed by atoms with van der Waals surface area (Å²) in [7, 11) is 0. The highest BCUT2D eigenvalue weighted by Crippen LogP contribution is 2.32. The molecule has 1 fully saturated rings. The zero-order valence-corrected chi connectivity index (χ0v) is 18.4. The lowest BCUT2D eigenvalue weighted by Crippen LogP contribution is -2.42. The van der Waals surface area contributed by atoms with Crippen molar-refractivity contribution in [3.8, 4) is 11.3 Å². The fourth-order valence-electron chi connectivity index (χ4n) is 3.21. The molecule has 3 heterocycles. The number of carbonyl (C=O) groups excluding carboxylic acids is 1. The molecule has 3 aromatic rings. The number of aromatic nitrogens is 3. The Kier molecular flexibility index (Phi) is 6.18. The first-order chi connectivity index (χ1) is 15.2. The summed E-state index contributed by atoms with van der Waals surface area (Å²) in [6.07, 6.45) is -0.813. The summed E-state index contributed by atoms with van der Waals surface area (Å²) in [6, 6.07) is 5.49. The van der Waals surface area contributed by atoms with E-state index in [0.717, 1.165) is 11.1 Å². The van der Waals surface area contributed by atoms with E-state index < -0.39 is 30.1 Å². The zero-order valence-electron chi connectivity index (χ0n) is 16.9. The Morgan fingerprint density at radius 2 is 2.09 bits per heavy atom. The smallest absolute Gasteiger partial charge is 0.416 e. The predicted octanol–water partition coefficient (Wildman–Crippen LogP) is 4.46. The van der Waals surface area contributed by atoms with Crippen LogP contribution in [0.3, 0.4) is 0 Å². The third-order valence-corrected chi connectivity index (χ3v) is 5.47. The molecule has 1 aliphatic heterocycles. The van der Waals surface area contributed by atoms with Crippen molar-refractivity contribution in [2.45, 2.75) is 32.0 Å². The van der Waals surface area contributed by atoms with Crippen molar-refractivity contribution < 1.29 is 23.6 Å². The van der Waals surface area contributed by atoms with E-state index in [9.17, 15) is 14.3 Å². The number of rotatable bonds is 6. The second-order valence-electron chi connectivity index (χ2n) is 7.22. The van der Waals surface area contributed by atoms with E-state index in [0.29, 0.717) is 27.1 Å². The summed E-state index contributed by atoms with van der Waals surface area (Å²) >= 11 is 12.2. The summed E-state index contributed by atoms with van der Waals surface area (Å²) in [5, 5.41) is 17.8. The Labute approximate surface area is 192 Å². The normalized spacial score (nSPS) is 17.9. The first-order valence-corrected chi connectivity index (χ1v) is 10.4. The fourth-order valence-corrected chi connectivity index (χ4v) is 3.72. The molecule has 3 atom stereocenters. The molecule has 4 rings (SSSR count). The second-order valence-corrected chi connectivity index (χ2v) is 8.07. The van der Waals surface area contributed by atoms with E-state index in [1.165, 1.54) is 6.92 Å². The Morgan fingerprint density at radius 1 is 1.31 bits per heavy atom. The van der Waals surface area contributed by atoms with Gasteiger partial charge in [0.05, 0.1) is 23.4 Å². The molecule has 2 N–H and O–H groups in total. The minimum atomic E-state index is -0.946. The first kappa shape index (κ1) is 22.3. The molecule has 2 aromatic heterocycles. The third-order valence-electron chi connectivity index (χ3n) is 4.92. The molecule has 1 unspecified atom stereocenters. The van der Waals surface area contributed by atoms with E-state index in [2.05, 4.69) is 20.4 Å². The van der Waals surface area contributed by atoms with Gasteiger partial charge < -0.3 is 19.7 Å². The number of nitrogens with one attached hydrogen (secondary N) is 1. The summed E-state index contributed by atoms with van der Waals surface area (Å²) in [4.78, 5) is 21.1. The van der Waals surface area contributed by atoms with Gasteiger partial charge in [0.1, 0.15) is 18.3 Å². The number of benzene rings is 1. The van der Waals surface area contributed by atoms with Gasteiger partial charge in [-0.15, -0.1) is 0 Å². The molecule has 0 spiro atoms. The third kappa shape index (κ3) is 4.34. The van der Waals surface area contributed by atoms with Gasteiger partial charge >= 0.3 is 6.09 Å². The van der Waals surface area contributed by atoms with Crippen molar-refractivity contribution in [3.63, 3.8) is 0 Å². The SMILES string of the molecule is C[C@H](Nc1ncc(F)c(N2C(=O)OCC2[C@@H](C)O)n1)c1cc(-c2ccc(Cl)cc2Cl)no1.